The van der Waals surface area contributed by atoms with Gasteiger partial charge in [0.1, 0.15) is 11.8 Å². The van der Waals surface area contributed by atoms with Gasteiger partial charge in [-0.3, -0.25) is 14.4 Å². The summed E-state index contributed by atoms with van der Waals surface area (Å²) in [4.78, 5) is 46.4. The Kier molecular flexibility index (Phi) is 12.4. The van der Waals surface area contributed by atoms with Gasteiger partial charge in [0.15, 0.2) is 5.82 Å². The molecule has 0 aliphatic carbocycles. The number of carbonyl (C=O) groups is 3. The van der Waals surface area contributed by atoms with Crippen LogP contribution in [0.1, 0.15) is 75.4 Å². The van der Waals surface area contributed by atoms with Gasteiger partial charge in [0.2, 0.25) is 5.91 Å². The second kappa shape index (κ2) is 16.7. The normalized spacial score (nSPS) is 12.5. The van der Waals surface area contributed by atoms with Crippen LogP contribution >= 0.6 is 0 Å². The Morgan fingerprint density at radius 2 is 1.48 bits per heavy atom. The summed E-state index contributed by atoms with van der Waals surface area (Å²) in [6, 6.07) is 21.8. The van der Waals surface area contributed by atoms with Crippen LogP contribution < -0.4 is 15.4 Å². The van der Waals surface area contributed by atoms with Crippen LogP contribution in [0.4, 0.5) is 0 Å². The average molecular weight is 651 g/mol. The summed E-state index contributed by atoms with van der Waals surface area (Å²) in [7, 11) is 0. The monoisotopic (exact) mass is 650 g/mol. The molecule has 1 aromatic heterocycles. The molecule has 0 fully saturated rings. The van der Waals surface area contributed by atoms with Gasteiger partial charge in [-0.05, 0) is 58.7 Å². The van der Waals surface area contributed by atoms with Crippen LogP contribution in [0.15, 0.2) is 85.2 Å². The van der Waals surface area contributed by atoms with Gasteiger partial charge in [-0.25, -0.2) is 9.97 Å². The molecule has 252 valence electrons. The number of carbonyl (C=O) groups excluding carboxylic acids is 2. The number of carboxylic acids is 1. The lowest BCUT2D eigenvalue weighted by Gasteiger charge is -2.20. The van der Waals surface area contributed by atoms with Gasteiger partial charge < -0.3 is 20.5 Å². The minimum Gasteiger partial charge on any atom is -0.493 e. The molecule has 0 aliphatic heterocycles. The minimum absolute atomic E-state index is 0.0384. The lowest BCUT2D eigenvalue weighted by atomic mass is 9.86. The molecule has 0 spiro atoms. The lowest BCUT2D eigenvalue weighted by Crippen LogP contribution is -2.48. The highest BCUT2D eigenvalue weighted by Gasteiger charge is 2.23. The van der Waals surface area contributed by atoms with Gasteiger partial charge in [-0.15, -0.1) is 0 Å². The van der Waals surface area contributed by atoms with Crippen molar-refractivity contribution >= 4 is 17.8 Å². The third-order valence-corrected chi connectivity index (χ3v) is 8.08. The number of carboxylic acid groups (broad SMARTS) is 1. The first-order chi connectivity index (χ1) is 22.9. The van der Waals surface area contributed by atoms with Crippen molar-refractivity contribution in [2.75, 3.05) is 13.2 Å². The molecule has 2 amide bonds. The molecule has 3 aromatic carbocycles. The van der Waals surface area contributed by atoms with E-state index in [1.165, 1.54) is 0 Å². The number of amides is 2. The summed E-state index contributed by atoms with van der Waals surface area (Å²) in [5.41, 5.74) is 4.96. The van der Waals surface area contributed by atoms with E-state index >= 15 is 0 Å². The predicted octanol–water partition coefficient (Wildman–Crippen LogP) is 6.86. The van der Waals surface area contributed by atoms with E-state index in [0.29, 0.717) is 23.9 Å². The van der Waals surface area contributed by atoms with Crippen molar-refractivity contribution in [3.05, 3.63) is 102 Å². The van der Waals surface area contributed by atoms with E-state index in [-0.39, 0.29) is 30.7 Å². The Hall–Kier alpha value is -5.05. The highest BCUT2D eigenvalue weighted by molar-refractivity contribution is 5.97. The standard InChI is InChI=1S/C39H46N4O5/c1-6-7-26(2)25-48-33-18-14-28(15-19-33)31-23-41-36(42-24-31)29-10-8-27(9-11-29)22-34(38(47)40-21-20-35(44)45)43-37(46)30-12-16-32(17-13-30)39(3,4)5/h8-19,23-24,26,34H,6-7,20-22,25H2,1-5H3,(H,40,47)(H,43,46)(H,44,45). The molecular formula is C39H46N4O5. The zero-order valence-corrected chi connectivity index (χ0v) is 28.5. The highest BCUT2D eigenvalue weighted by Crippen LogP contribution is 2.25. The fraction of sp³-hybridized carbons (Fsp3) is 0.359. The molecule has 0 radical (unpaired) electrons. The van der Waals surface area contributed by atoms with Crippen molar-refractivity contribution in [2.45, 2.75) is 71.8 Å². The van der Waals surface area contributed by atoms with Crippen LogP contribution in [0.3, 0.4) is 0 Å². The summed E-state index contributed by atoms with van der Waals surface area (Å²) in [6.07, 6.45) is 5.86. The molecule has 2 unspecified atom stereocenters. The number of rotatable bonds is 15. The van der Waals surface area contributed by atoms with Crippen molar-refractivity contribution in [1.29, 1.82) is 0 Å². The molecule has 0 saturated carbocycles. The second-order valence-corrected chi connectivity index (χ2v) is 13.2. The molecular weight excluding hydrogens is 604 g/mol. The Morgan fingerprint density at radius 3 is 2.06 bits per heavy atom. The number of hydrogen-bond acceptors (Lipinski definition) is 6. The van der Waals surface area contributed by atoms with Gasteiger partial charge in [0, 0.05) is 42.0 Å². The van der Waals surface area contributed by atoms with Gasteiger partial charge in [-0.1, -0.05) is 89.6 Å². The Labute approximate surface area is 283 Å². The maximum Gasteiger partial charge on any atom is 0.305 e. The molecule has 9 heteroatoms. The molecule has 48 heavy (non-hydrogen) atoms. The van der Waals surface area contributed by atoms with Crippen molar-refractivity contribution in [2.24, 2.45) is 5.92 Å². The van der Waals surface area contributed by atoms with Crippen LogP contribution in [0.5, 0.6) is 5.75 Å². The van der Waals surface area contributed by atoms with Crippen LogP contribution in [0.2, 0.25) is 0 Å². The zero-order chi connectivity index (χ0) is 34.7. The third-order valence-electron chi connectivity index (χ3n) is 8.08. The van der Waals surface area contributed by atoms with E-state index in [1.807, 2.05) is 60.7 Å². The lowest BCUT2D eigenvalue weighted by molar-refractivity contribution is -0.137. The summed E-state index contributed by atoms with van der Waals surface area (Å²) in [5, 5.41) is 14.5. The quantitative estimate of drug-likeness (QED) is 0.128. The maximum absolute atomic E-state index is 13.1. The summed E-state index contributed by atoms with van der Waals surface area (Å²) in [5.74, 6) is 0.0611. The first-order valence-electron chi connectivity index (χ1n) is 16.5. The Morgan fingerprint density at radius 1 is 0.854 bits per heavy atom. The zero-order valence-electron chi connectivity index (χ0n) is 28.5. The molecule has 9 nitrogen and oxygen atoms in total. The van der Waals surface area contributed by atoms with Crippen molar-refractivity contribution in [3.63, 3.8) is 0 Å². The molecule has 3 N–H and O–H groups in total. The fourth-order valence-corrected chi connectivity index (χ4v) is 5.20. The topological polar surface area (TPSA) is 131 Å². The van der Waals surface area contributed by atoms with Crippen molar-refractivity contribution in [3.8, 4) is 28.3 Å². The van der Waals surface area contributed by atoms with E-state index < -0.39 is 17.9 Å². The van der Waals surface area contributed by atoms with E-state index in [0.717, 1.165) is 46.4 Å². The molecule has 2 atom stereocenters. The molecule has 4 rings (SSSR count). The number of nitrogens with zero attached hydrogens (tertiary/aromatic N) is 2. The highest BCUT2D eigenvalue weighted by atomic mass is 16.5. The van der Waals surface area contributed by atoms with E-state index in [4.69, 9.17) is 9.84 Å². The second-order valence-electron chi connectivity index (χ2n) is 13.2. The predicted molar refractivity (Wildman–Crippen MR) is 188 cm³/mol. The fourth-order valence-electron chi connectivity index (χ4n) is 5.20. The largest absolute Gasteiger partial charge is 0.493 e. The van der Waals surface area contributed by atoms with Gasteiger partial charge in [-0.2, -0.15) is 0 Å². The van der Waals surface area contributed by atoms with E-state index in [9.17, 15) is 14.4 Å². The van der Waals surface area contributed by atoms with Gasteiger partial charge in [0.05, 0.1) is 13.0 Å². The smallest absolute Gasteiger partial charge is 0.305 e. The Bertz CT molecular complexity index is 1650. The average Bonchev–Trinajstić information content (AvgIpc) is 3.07. The molecule has 0 bridgehead atoms. The van der Waals surface area contributed by atoms with Crippen LogP contribution in [-0.2, 0) is 21.4 Å². The SMILES string of the molecule is CCCC(C)COc1ccc(-c2cnc(-c3ccc(CC(NC(=O)c4ccc(C(C)(C)C)cc4)C(=O)NCCC(=O)O)cc3)nc2)cc1. The molecule has 0 saturated heterocycles. The molecule has 1 heterocycles. The first-order valence-corrected chi connectivity index (χ1v) is 16.5. The van der Waals surface area contributed by atoms with Crippen LogP contribution in [-0.4, -0.2) is 52.1 Å². The van der Waals surface area contributed by atoms with Crippen molar-refractivity contribution in [1.82, 2.24) is 20.6 Å². The minimum atomic E-state index is -1.02. The van der Waals surface area contributed by atoms with Gasteiger partial charge in [0.25, 0.3) is 5.91 Å². The first kappa shape index (κ1) is 35.8. The Balaban J connectivity index is 1.42. The van der Waals surface area contributed by atoms with E-state index in [1.54, 1.807) is 24.5 Å². The number of benzene rings is 3. The number of ether oxygens (including phenoxy) is 1. The number of aliphatic carboxylic acids is 1. The maximum atomic E-state index is 13.1. The van der Waals surface area contributed by atoms with E-state index in [2.05, 4.69) is 55.2 Å². The van der Waals surface area contributed by atoms with Gasteiger partial charge >= 0.3 is 5.97 Å². The number of aromatic nitrogens is 2. The molecule has 4 aromatic rings. The van der Waals surface area contributed by atoms with Crippen molar-refractivity contribution < 1.29 is 24.2 Å². The molecule has 0 aliphatic rings. The number of nitrogens with one attached hydrogen (secondary N) is 2. The number of hydrogen-bond donors (Lipinski definition) is 3. The summed E-state index contributed by atoms with van der Waals surface area (Å²) in [6.45, 7) is 11.3. The third kappa shape index (κ3) is 10.5. The van der Waals surface area contributed by atoms with Crippen LogP contribution in [0.25, 0.3) is 22.5 Å². The summed E-state index contributed by atoms with van der Waals surface area (Å²) >= 11 is 0. The van der Waals surface area contributed by atoms with Crippen LogP contribution in [0, 0.1) is 5.92 Å². The summed E-state index contributed by atoms with van der Waals surface area (Å²) < 4.78 is 5.92.